The Labute approximate surface area is 133 Å². The van der Waals surface area contributed by atoms with Crippen LogP contribution >= 0.6 is 11.6 Å². The lowest BCUT2D eigenvalue weighted by Gasteiger charge is -2.00. The van der Waals surface area contributed by atoms with Gasteiger partial charge in [-0.05, 0) is 18.2 Å². The summed E-state index contributed by atoms with van der Waals surface area (Å²) >= 11 is 6.04. The number of halogens is 1. The Morgan fingerprint density at radius 3 is 2.61 bits per heavy atom. The Balaban J connectivity index is 1.95. The van der Waals surface area contributed by atoms with Crippen molar-refractivity contribution in [2.24, 2.45) is 0 Å². The minimum absolute atomic E-state index is 0.0426. The quantitative estimate of drug-likeness (QED) is 0.388. The topological polar surface area (TPSA) is 114 Å². The van der Waals surface area contributed by atoms with Crippen molar-refractivity contribution in [3.63, 3.8) is 0 Å². The monoisotopic (exact) mass is 333 g/mol. The highest BCUT2D eigenvalue weighted by molar-refractivity contribution is 6.33. The van der Waals surface area contributed by atoms with Gasteiger partial charge < -0.3 is 9.73 Å². The number of rotatable bonds is 3. The van der Waals surface area contributed by atoms with Crippen LogP contribution < -0.4 is 10.6 Å². The van der Waals surface area contributed by atoms with E-state index >= 15 is 0 Å². The summed E-state index contributed by atoms with van der Waals surface area (Å²) in [6, 6.07) is 6.48. The zero-order valence-electron chi connectivity index (χ0n) is 11.3. The summed E-state index contributed by atoms with van der Waals surface area (Å²) in [5.74, 6) is 0.0199. The van der Waals surface area contributed by atoms with E-state index in [0.29, 0.717) is 11.3 Å². The third-order valence-electron chi connectivity index (χ3n) is 3.06. The van der Waals surface area contributed by atoms with Crippen LogP contribution in [0.5, 0.6) is 0 Å². The number of carbonyl (C=O) groups excluding carboxylic acids is 2. The van der Waals surface area contributed by atoms with Crippen LogP contribution in [0.15, 0.2) is 40.4 Å². The fourth-order valence-electron chi connectivity index (χ4n) is 2.02. The van der Waals surface area contributed by atoms with Crippen LogP contribution in [0.3, 0.4) is 0 Å². The van der Waals surface area contributed by atoms with Gasteiger partial charge in [-0.15, -0.1) is 0 Å². The number of nitro groups is 1. The Morgan fingerprint density at radius 1 is 1.17 bits per heavy atom. The van der Waals surface area contributed by atoms with E-state index in [2.05, 4.69) is 10.6 Å². The van der Waals surface area contributed by atoms with E-state index in [0.717, 1.165) is 0 Å². The highest BCUT2D eigenvalue weighted by Crippen LogP contribution is 2.33. The van der Waals surface area contributed by atoms with Gasteiger partial charge in [0.05, 0.1) is 9.95 Å². The molecule has 23 heavy (non-hydrogen) atoms. The molecule has 1 aromatic carbocycles. The van der Waals surface area contributed by atoms with E-state index in [-0.39, 0.29) is 22.2 Å². The fourth-order valence-corrected chi connectivity index (χ4v) is 2.23. The van der Waals surface area contributed by atoms with Crippen molar-refractivity contribution in [1.29, 1.82) is 0 Å². The van der Waals surface area contributed by atoms with Crippen LogP contribution in [0.2, 0.25) is 5.02 Å². The molecule has 0 radical (unpaired) electrons. The molecule has 2 N–H and O–H groups in total. The summed E-state index contributed by atoms with van der Waals surface area (Å²) in [6.45, 7) is 0. The molecule has 2 aromatic rings. The van der Waals surface area contributed by atoms with E-state index < -0.39 is 16.9 Å². The second-order valence-electron chi connectivity index (χ2n) is 4.59. The SMILES string of the molecule is O=C1NC(=O)C(=Cc2ccc(-c3cc([N+](=O)[O-])ccc3Cl)o2)N1. The van der Waals surface area contributed by atoms with Crippen molar-refractivity contribution >= 4 is 35.3 Å². The van der Waals surface area contributed by atoms with E-state index in [4.69, 9.17) is 16.0 Å². The van der Waals surface area contributed by atoms with Crippen LogP contribution in [-0.4, -0.2) is 16.9 Å². The first-order valence-electron chi connectivity index (χ1n) is 6.32. The highest BCUT2D eigenvalue weighted by Gasteiger charge is 2.23. The molecular weight excluding hydrogens is 326 g/mol. The summed E-state index contributed by atoms with van der Waals surface area (Å²) in [5.41, 5.74) is 0.273. The number of nitro benzene ring substituents is 1. The average Bonchev–Trinajstić information content (AvgIpc) is 3.06. The summed E-state index contributed by atoms with van der Waals surface area (Å²) < 4.78 is 5.52. The Hall–Kier alpha value is -3.13. The van der Waals surface area contributed by atoms with Crippen LogP contribution in [0, 0.1) is 10.1 Å². The molecule has 0 unspecified atom stereocenters. The Morgan fingerprint density at radius 2 is 1.96 bits per heavy atom. The van der Waals surface area contributed by atoms with Crippen molar-refractivity contribution in [2.45, 2.75) is 0 Å². The van der Waals surface area contributed by atoms with Crippen molar-refractivity contribution in [1.82, 2.24) is 10.6 Å². The van der Waals surface area contributed by atoms with Crippen LogP contribution in [-0.2, 0) is 4.79 Å². The Bertz CT molecular complexity index is 871. The molecule has 1 aromatic heterocycles. The summed E-state index contributed by atoms with van der Waals surface area (Å²) in [5, 5.41) is 15.5. The van der Waals surface area contributed by atoms with Gasteiger partial charge in [-0.1, -0.05) is 11.6 Å². The number of nitrogens with one attached hydrogen (secondary N) is 2. The van der Waals surface area contributed by atoms with Gasteiger partial charge >= 0.3 is 6.03 Å². The van der Waals surface area contributed by atoms with E-state index in [9.17, 15) is 19.7 Å². The number of amides is 3. The number of benzene rings is 1. The van der Waals surface area contributed by atoms with Crippen molar-refractivity contribution < 1.29 is 18.9 Å². The third kappa shape index (κ3) is 2.92. The Kier molecular flexibility index (Phi) is 3.59. The lowest BCUT2D eigenvalue weighted by Crippen LogP contribution is -2.22. The van der Waals surface area contributed by atoms with Gasteiger partial charge in [0.2, 0.25) is 0 Å². The summed E-state index contributed by atoms with van der Waals surface area (Å²) in [6.07, 6.45) is 1.34. The lowest BCUT2D eigenvalue weighted by atomic mass is 10.1. The predicted octanol–water partition coefficient (Wildman–Crippen LogP) is 2.69. The summed E-state index contributed by atoms with van der Waals surface area (Å²) in [7, 11) is 0. The first-order chi connectivity index (χ1) is 10.9. The van der Waals surface area contributed by atoms with Gasteiger partial charge in [-0.25, -0.2) is 4.79 Å². The van der Waals surface area contributed by atoms with Crippen molar-refractivity contribution in [3.8, 4) is 11.3 Å². The van der Waals surface area contributed by atoms with Gasteiger partial charge in [0.15, 0.2) is 0 Å². The zero-order chi connectivity index (χ0) is 16.6. The maximum Gasteiger partial charge on any atom is 0.326 e. The van der Waals surface area contributed by atoms with E-state index in [1.54, 1.807) is 12.1 Å². The summed E-state index contributed by atoms with van der Waals surface area (Å²) in [4.78, 5) is 32.8. The molecule has 3 rings (SSSR count). The van der Waals surface area contributed by atoms with Gasteiger partial charge in [0.1, 0.15) is 17.2 Å². The largest absolute Gasteiger partial charge is 0.457 e. The molecule has 3 amide bonds. The molecule has 9 heteroatoms. The highest BCUT2D eigenvalue weighted by atomic mass is 35.5. The molecule has 1 aliphatic rings. The number of non-ortho nitro benzene ring substituents is 1. The van der Waals surface area contributed by atoms with Crippen LogP contribution in [0.1, 0.15) is 5.76 Å². The molecule has 2 heterocycles. The molecule has 0 spiro atoms. The normalized spacial score (nSPS) is 15.6. The molecule has 0 bridgehead atoms. The number of furan rings is 1. The van der Waals surface area contributed by atoms with Crippen LogP contribution in [0.25, 0.3) is 17.4 Å². The second-order valence-corrected chi connectivity index (χ2v) is 5.00. The van der Waals surface area contributed by atoms with Crippen LogP contribution in [0.4, 0.5) is 10.5 Å². The number of hydrogen-bond donors (Lipinski definition) is 2. The minimum atomic E-state index is -0.616. The van der Waals surface area contributed by atoms with Gasteiger partial charge in [0.25, 0.3) is 11.6 Å². The maximum atomic E-state index is 11.4. The standard InChI is InChI=1S/C14H8ClN3O5/c15-10-3-1-7(18(21)22)5-9(10)12-4-2-8(23-12)6-11-13(19)17-14(20)16-11/h1-6H,(H2,16,17,19,20). The number of urea groups is 1. The van der Waals surface area contributed by atoms with Gasteiger partial charge in [0, 0.05) is 23.8 Å². The average molecular weight is 334 g/mol. The molecular formula is C14H8ClN3O5. The van der Waals surface area contributed by atoms with Gasteiger partial charge in [-0.2, -0.15) is 0 Å². The third-order valence-corrected chi connectivity index (χ3v) is 3.39. The smallest absolute Gasteiger partial charge is 0.326 e. The molecule has 0 atom stereocenters. The first-order valence-corrected chi connectivity index (χ1v) is 6.70. The first kappa shape index (κ1) is 14.8. The molecule has 0 saturated carbocycles. The van der Waals surface area contributed by atoms with E-state index in [1.165, 1.54) is 24.3 Å². The lowest BCUT2D eigenvalue weighted by molar-refractivity contribution is -0.384. The number of carbonyl (C=O) groups is 2. The van der Waals surface area contributed by atoms with E-state index in [1.807, 2.05) is 0 Å². The molecule has 116 valence electrons. The van der Waals surface area contributed by atoms with Crippen molar-refractivity contribution in [3.05, 3.63) is 56.9 Å². The fraction of sp³-hybridized carbons (Fsp3) is 0. The molecule has 1 saturated heterocycles. The minimum Gasteiger partial charge on any atom is -0.457 e. The molecule has 8 nitrogen and oxygen atoms in total. The molecule has 1 fully saturated rings. The van der Waals surface area contributed by atoms with Gasteiger partial charge in [-0.3, -0.25) is 20.2 Å². The number of nitrogens with zero attached hydrogens (tertiary/aromatic N) is 1. The second kappa shape index (κ2) is 5.58. The zero-order valence-corrected chi connectivity index (χ0v) is 12.1. The van der Waals surface area contributed by atoms with Crippen molar-refractivity contribution in [2.75, 3.05) is 0 Å². The molecule has 0 aliphatic carbocycles. The predicted molar refractivity (Wildman–Crippen MR) is 80.5 cm³/mol. The number of imide groups is 1. The maximum absolute atomic E-state index is 11.4. The molecule has 1 aliphatic heterocycles. The number of hydrogen-bond acceptors (Lipinski definition) is 5.